The van der Waals surface area contributed by atoms with Gasteiger partial charge in [-0.15, -0.1) is 0 Å². The first-order chi connectivity index (χ1) is 15.4. The minimum atomic E-state index is -2.12. The number of nitro groups is 2. The third kappa shape index (κ3) is 8.16. The van der Waals surface area contributed by atoms with Crippen LogP contribution in [0, 0.1) is 43.5 Å². The minimum absolute atomic E-state index is 0.208. The summed E-state index contributed by atoms with van der Waals surface area (Å²) >= 11 is 0. The van der Waals surface area contributed by atoms with Gasteiger partial charge in [0.1, 0.15) is 29.7 Å². The summed E-state index contributed by atoms with van der Waals surface area (Å²) in [6, 6.07) is 4.15. The van der Waals surface area contributed by atoms with Gasteiger partial charge in [-0.1, -0.05) is 0 Å². The smallest absolute Gasteiger partial charge is 0.359 e. The molecular formula is C19H14F4N2O8. The average molecular weight is 474 g/mol. The molecule has 0 spiro atoms. The Morgan fingerprint density at radius 1 is 0.697 bits per heavy atom. The van der Waals surface area contributed by atoms with E-state index in [9.17, 15) is 47.4 Å². The Morgan fingerprint density at radius 3 is 1.27 bits per heavy atom. The molecule has 0 bridgehead atoms. The van der Waals surface area contributed by atoms with Crippen LogP contribution in [0.2, 0.25) is 0 Å². The minimum Gasteiger partial charge on any atom is -0.397 e. The van der Waals surface area contributed by atoms with E-state index < -0.39 is 76.8 Å². The highest BCUT2D eigenvalue weighted by Crippen LogP contribution is 2.15. The van der Waals surface area contributed by atoms with Crippen LogP contribution in [0.5, 0.6) is 0 Å². The van der Waals surface area contributed by atoms with Crippen LogP contribution in [0.3, 0.4) is 0 Å². The van der Waals surface area contributed by atoms with E-state index >= 15 is 0 Å². The van der Waals surface area contributed by atoms with Crippen molar-refractivity contribution in [2.24, 2.45) is 0 Å². The molecule has 0 radical (unpaired) electrons. The van der Waals surface area contributed by atoms with Crippen molar-refractivity contribution in [3.8, 4) is 0 Å². The highest BCUT2D eigenvalue weighted by molar-refractivity contribution is 5.91. The number of carbonyl (C=O) groups is 2. The number of rotatable bonds is 10. The van der Waals surface area contributed by atoms with E-state index in [1.165, 1.54) is 0 Å². The lowest BCUT2D eigenvalue weighted by atomic mass is 10.1. The molecule has 0 heterocycles. The van der Waals surface area contributed by atoms with Gasteiger partial charge in [0.2, 0.25) is 0 Å². The molecule has 0 aliphatic rings. The Labute approximate surface area is 182 Å². The predicted octanol–water partition coefficient (Wildman–Crippen LogP) is 2.71. The summed E-state index contributed by atoms with van der Waals surface area (Å²) in [6.07, 6.45) is -6.97. The number of hydrogen-bond donors (Lipinski definition) is 0. The molecule has 176 valence electrons. The molecule has 2 aromatic carbocycles. The third-order valence-electron chi connectivity index (χ3n) is 3.96. The van der Waals surface area contributed by atoms with Crippen LogP contribution in [-0.4, -0.2) is 34.2 Å². The Bertz CT molecular complexity index is 958. The second-order valence-electron chi connectivity index (χ2n) is 6.60. The molecule has 33 heavy (non-hydrogen) atoms. The van der Waals surface area contributed by atoms with Gasteiger partial charge in [0.25, 0.3) is 0 Å². The maximum absolute atomic E-state index is 13.2. The Balaban J connectivity index is 1.99. The van der Waals surface area contributed by atoms with E-state index in [-0.39, 0.29) is 11.1 Å². The molecule has 0 amide bonds. The molecule has 0 aliphatic carbocycles. The van der Waals surface area contributed by atoms with Crippen molar-refractivity contribution < 1.29 is 46.5 Å². The normalized spacial score (nSPS) is 12.5. The molecule has 0 aliphatic heterocycles. The monoisotopic (exact) mass is 474 g/mol. The summed E-state index contributed by atoms with van der Waals surface area (Å²) < 4.78 is 61.9. The van der Waals surface area contributed by atoms with Gasteiger partial charge in [-0.25, -0.2) is 17.6 Å². The van der Waals surface area contributed by atoms with Gasteiger partial charge >= 0.3 is 24.4 Å². The van der Waals surface area contributed by atoms with Gasteiger partial charge in [0, 0.05) is 12.1 Å². The molecule has 0 unspecified atom stereocenters. The number of esters is 2. The Kier molecular flexibility index (Phi) is 8.36. The van der Waals surface area contributed by atoms with Gasteiger partial charge in [-0.2, -0.15) is 0 Å². The predicted molar refractivity (Wildman–Crippen MR) is 98.5 cm³/mol. The van der Waals surface area contributed by atoms with E-state index in [4.69, 9.17) is 0 Å². The van der Waals surface area contributed by atoms with E-state index in [1.807, 2.05) is 0 Å². The Morgan fingerprint density at radius 2 is 1.00 bits per heavy atom. The molecule has 0 N–H and O–H groups in total. The molecule has 2 aromatic rings. The lowest BCUT2D eigenvalue weighted by Crippen LogP contribution is -2.32. The SMILES string of the molecule is O=C(CC(=O)O[C@H](Cc1cc(F)cc(F)c1)[N+](=O)[O-])O[C@H](Cc1cc(F)cc(F)c1)[N+](=O)[O-]. The van der Waals surface area contributed by atoms with E-state index in [0.29, 0.717) is 12.1 Å². The first-order valence-electron chi connectivity index (χ1n) is 8.99. The van der Waals surface area contributed by atoms with Crippen molar-refractivity contribution in [3.05, 3.63) is 91.0 Å². The summed E-state index contributed by atoms with van der Waals surface area (Å²) in [5.41, 5.74) is -0.416. The largest absolute Gasteiger partial charge is 0.397 e. The first kappa shape index (κ1) is 25.2. The fourth-order valence-corrected chi connectivity index (χ4v) is 2.68. The van der Waals surface area contributed by atoms with Gasteiger partial charge in [-0.05, 0) is 35.4 Å². The lowest BCUT2D eigenvalue weighted by Gasteiger charge is -2.13. The van der Waals surface area contributed by atoms with Crippen molar-refractivity contribution in [1.82, 2.24) is 0 Å². The summed E-state index contributed by atoms with van der Waals surface area (Å²) in [4.78, 5) is 43.7. The van der Waals surface area contributed by atoms with Crippen LogP contribution in [-0.2, 0) is 31.9 Å². The van der Waals surface area contributed by atoms with E-state index in [2.05, 4.69) is 9.47 Å². The summed E-state index contributed by atoms with van der Waals surface area (Å²) in [5, 5.41) is 22.2. The standard InChI is InChI=1S/C19H14F4N2O8/c20-12-1-10(2-13(21)7-12)5-16(24(28)29)32-18(26)9-19(27)33-17(25(30)31)6-11-3-14(22)8-15(23)4-11/h1-4,7-8,16-17H,5-6,9H2/t16-,17-/m1/s1. The van der Waals surface area contributed by atoms with Crippen molar-refractivity contribution in [2.75, 3.05) is 0 Å². The van der Waals surface area contributed by atoms with Crippen molar-refractivity contribution in [2.45, 2.75) is 31.7 Å². The highest BCUT2D eigenvalue weighted by Gasteiger charge is 2.30. The Hall–Kier alpha value is -4.10. The quantitative estimate of drug-likeness (QED) is 0.128. The molecule has 0 aromatic heterocycles. The summed E-state index contributed by atoms with van der Waals surface area (Å²) in [5.74, 6) is -7.09. The molecular weight excluding hydrogens is 460 g/mol. The number of benzene rings is 2. The number of hydrogen-bond acceptors (Lipinski definition) is 8. The van der Waals surface area contributed by atoms with Crippen LogP contribution >= 0.6 is 0 Å². The number of carbonyl (C=O) groups excluding carboxylic acids is 2. The first-order valence-corrected chi connectivity index (χ1v) is 8.99. The van der Waals surface area contributed by atoms with Gasteiger partial charge in [0.15, 0.2) is 0 Å². The molecule has 0 saturated carbocycles. The van der Waals surface area contributed by atoms with Gasteiger partial charge in [-0.3, -0.25) is 29.8 Å². The number of nitrogens with zero attached hydrogens (tertiary/aromatic N) is 2. The maximum Gasteiger partial charge on any atom is 0.359 e. The topological polar surface area (TPSA) is 139 Å². The van der Waals surface area contributed by atoms with Gasteiger partial charge in [0.05, 0.1) is 22.7 Å². The van der Waals surface area contributed by atoms with Crippen molar-refractivity contribution >= 4 is 11.9 Å². The number of halogens is 4. The molecule has 2 rings (SSSR count). The third-order valence-corrected chi connectivity index (χ3v) is 3.96. The van der Waals surface area contributed by atoms with Gasteiger partial charge < -0.3 is 9.47 Å². The fourth-order valence-electron chi connectivity index (χ4n) is 2.68. The second-order valence-corrected chi connectivity index (χ2v) is 6.60. The second kappa shape index (κ2) is 11.0. The van der Waals surface area contributed by atoms with E-state index in [0.717, 1.165) is 24.3 Å². The van der Waals surface area contributed by atoms with Crippen LogP contribution in [0.1, 0.15) is 17.5 Å². The van der Waals surface area contributed by atoms with Crippen molar-refractivity contribution in [1.29, 1.82) is 0 Å². The van der Waals surface area contributed by atoms with E-state index in [1.54, 1.807) is 0 Å². The lowest BCUT2D eigenvalue weighted by molar-refractivity contribution is -0.568. The highest BCUT2D eigenvalue weighted by atomic mass is 19.1. The van der Waals surface area contributed by atoms with Crippen LogP contribution in [0.15, 0.2) is 36.4 Å². The molecule has 0 saturated heterocycles. The number of ether oxygens (including phenoxy) is 2. The maximum atomic E-state index is 13.2. The zero-order chi connectivity index (χ0) is 24.7. The summed E-state index contributed by atoms with van der Waals surface area (Å²) in [7, 11) is 0. The zero-order valence-electron chi connectivity index (χ0n) is 16.4. The zero-order valence-corrected chi connectivity index (χ0v) is 16.4. The average Bonchev–Trinajstić information content (AvgIpc) is 2.65. The summed E-state index contributed by atoms with van der Waals surface area (Å²) in [6.45, 7) is 0. The van der Waals surface area contributed by atoms with Crippen LogP contribution in [0.4, 0.5) is 17.6 Å². The molecule has 0 fully saturated rings. The van der Waals surface area contributed by atoms with Crippen LogP contribution < -0.4 is 0 Å². The molecule has 14 heteroatoms. The molecule has 2 atom stereocenters. The fraction of sp³-hybridized carbons (Fsp3) is 0.263. The van der Waals surface area contributed by atoms with Crippen LogP contribution in [0.25, 0.3) is 0 Å². The molecule has 10 nitrogen and oxygen atoms in total. The van der Waals surface area contributed by atoms with Crippen molar-refractivity contribution in [3.63, 3.8) is 0 Å².